The van der Waals surface area contributed by atoms with Gasteiger partial charge in [-0.3, -0.25) is 0 Å². The molecule has 2 aromatic carbocycles. The quantitative estimate of drug-likeness (QED) is 0.251. The molecular formula is C32H48S. The van der Waals surface area contributed by atoms with Gasteiger partial charge in [-0.25, -0.2) is 0 Å². The Bertz CT molecular complexity index is 876. The molecule has 0 saturated carbocycles. The molecule has 182 valence electrons. The average molecular weight is 465 g/mol. The lowest BCUT2D eigenvalue weighted by molar-refractivity contribution is 0.301. The molecule has 0 heterocycles. The predicted octanol–water partition coefficient (Wildman–Crippen LogP) is 9.85. The van der Waals surface area contributed by atoms with Crippen molar-refractivity contribution in [1.29, 1.82) is 0 Å². The van der Waals surface area contributed by atoms with Gasteiger partial charge in [0.25, 0.3) is 0 Å². The maximum atomic E-state index is 4.09. The van der Waals surface area contributed by atoms with Crippen LogP contribution in [-0.4, -0.2) is 5.75 Å². The lowest BCUT2D eigenvalue weighted by Gasteiger charge is -2.25. The molecule has 0 aliphatic heterocycles. The molecule has 2 atom stereocenters. The maximum absolute atomic E-state index is 4.09. The minimum atomic E-state index is 0.577. The zero-order valence-corrected chi connectivity index (χ0v) is 23.3. The fraction of sp³-hybridized carbons (Fsp3) is 0.562. The topological polar surface area (TPSA) is 0 Å². The Morgan fingerprint density at radius 3 is 2.36 bits per heavy atom. The minimum Gasteiger partial charge on any atom is -0.153 e. The second kappa shape index (κ2) is 14.1. The molecule has 0 nitrogen and oxygen atoms in total. The van der Waals surface area contributed by atoms with Crippen molar-refractivity contribution in [1.82, 2.24) is 0 Å². The van der Waals surface area contributed by atoms with Crippen molar-refractivity contribution in [3.8, 4) is 0 Å². The Hall–Kier alpha value is -1.47. The summed E-state index contributed by atoms with van der Waals surface area (Å²) in [5, 5.41) is 0. The molecule has 2 unspecified atom stereocenters. The highest BCUT2D eigenvalue weighted by molar-refractivity contribution is 7.98. The van der Waals surface area contributed by atoms with Gasteiger partial charge in [-0.2, -0.15) is 11.8 Å². The van der Waals surface area contributed by atoms with E-state index in [0.717, 1.165) is 23.3 Å². The van der Waals surface area contributed by atoms with Gasteiger partial charge in [0, 0.05) is 11.5 Å². The highest BCUT2D eigenvalue weighted by atomic mass is 32.2. The highest BCUT2D eigenvalue weighted by Gasteiger charge is 2.18. The molecule has 2 aromatic rings. The Labute approximate surface area is 209 Å². The first kappa shape index (κ1) is 27.8. The van der Waals surface area contributed by atoms with E-state index < -0.39 is 0 Å². The second-order valence-electron chi connectivity index (χ2n) is 10.6. The fourth-order valence-electron chi connectivity index (χ4n) is 5.00. The summed E-state index contributed by atoms with van der Waals surface area (Å²) in [6.45, 7) is 20.2. The molecule has 0 bridgehead atoms. The van der Waals surface area contributed by atoms with E-state index >= 15 is 0 Å². The second-order valence-corrected chi connectivity index (χ2v) is 11.6. The van der Waals surface area contributed by atoms with Gasteiger partial charge in [0.2, 0.25) is 0 Å². The Morgan fingerprint density at radius 1 is 0.970 bits per heavy atom. The van der Waals surface area contributed by atoms with Gasteiger partial charge >= 0.3 is 0 Å². The van der Waals surface area contributed by atoms with Crippen molar-refractivity contribution >= 4 is 11.8 Å². The number of benzene rings is 2. The molecule has 0 N–H and O–H groups in total. The first-order chi connectivity index (χ1) is 15.7. The van der Waals surface area contributed by atoms with E-state index in [1.165, 1.54) is 66.4 Å². The van der Waals surface area contributed by atoms with Gasteiger partial charge in [-0.05, 0) is 98.4 Å². The maximum Gasteiger partial charge on any atom is 0.0193 e. The Morgan fingerprint density at radius 2 is 1.73 bits per heavy atom. The van der Waals surface area contributed by atoms with E-state index in [1.807, 2.05) is 11.8 Å². The molecule has 0 amide bonds. The SMILES string of the molecule is C=C(C)CSCc1c(CCC(CCCc2ccc(C)cc2C)C(C)CC)cccc1C(C)C. The molecule has 33 heavy (non-hydrogen) atoms. The zero-order valence-electron chi connectivity index (χ0n) is 22.5. The molecule has 0 saturated heterocycles. The van der Waals surface area contributed by atoms with Crippen LogP contribution in [0, 0.1) is 25.7 Å². The van der Waals surface area contributed by atoms with Crippen LogP contribution in [0.1, 0.15) is 99.6 Å². The van der Waals surface area contributed by atoms with Crippen LogP contribution in [0.3, 0.4) is 0 Å². The third kappa shape index (κ3) is 9.01. The van der Waals surface area contributed by atoms with Crippen molar-refractivity contribution in [3.63, 3.8) is 0 Å². The van der Waals surface area contributed by atoms with Crippen LogP contribution in [0.5, 0.6) is 0 Å². The smallest absolute Gasteiger partial charge is 0.0193 e. The summed E-state index contributed by atoms with van der Waals surface area (Å²) >= 11 is 2.02. The summed E-state index contributed by atoms with van der Waals surface area (Å²) in [5.41, 5.74) is 10.3. The number of aryl methyl sites for hydroxylation is 4. The molecule has 0 aromatic heterocycles. The molecular weight excluding hydrogens is 416 g/mol. The summed E-state index contributed by atoms with van der Waals surface area (Å²) in [6.07, 6.45) is 7.65. The largest absolute Gasteiger partial charge is 0.153 e. The molecule has 1 heteroatoms. The predicted molar refractivity (Wildman–Crippen MR) is 152 cm³/mol. The summed E-state index contributed by atoms with van der Waals surface area (Å²) in [7, 11) is 0. The minimum absolute atomic E-state index is 0.577. The van der Waals surface area contributed by atoms with Gasteiger partial charge in [-0.1, -0.05) is 88.2 Å². The number of rotatable bonds is 14. The first-order valence-corrected chi connectivity index (χ1v) is 14.3. The van der Waals surface area contributed by atoms with Crippen LogP contribution in [0.4, 0.5) is 0 Å². The van der Waals surface area contributed by atoms with Gasteiger partial charge in [0.05, 0.1) is 0 Å². The van der Waals surface area contributed by atoms with E-state index in [0.29, 0.717) is 5.92 Å². The van der Waals surface area contributed by atoms with Gasteiger partial charge in [-0.15, -0.1) is 0 Å². The van der Waals surface area contributed by atoms with Crippen LogP contribution >= 0.6 is 11.8 Å². The van der Waals surface area contributed by atoms with E-state index in [2.05, 4.69) is 91.4 Å². The lowest BCUT2D eigenvalue weighted by Crippen LogP contribution is -2.14. The molecule has 0 aliphatic rings. The molecule has 0 radical (unpaired) electrons. The summed E-state index contributed by atoms with van der Waals surface area (Å²) < 4.78 is 0. The van der Waals surface area contributed by atoms with Crippen molar-refractivity contribution in [3.05, 3.63) is 81.9 Å². The van der Waals surface area contributed by atoms with E-state index in [-0.39, 0.29) is 0 Å². The number of hydrogen-bond donors (Lipinski definition) is 0. The third-order valence-electron chi connectivity index (χ3n) is 7.28. The average Bonchev–Trinajstić information content (AvgIpc) is 2.77. The molecule has 2 rings (SSSR count). The summed E-state index contributed by atoms with van der Waals surface area (Å²) in [5.74, 6) is 4.34. The number of thioether (sulfide) groups is 1. The normalized spacial score (nSPS) is 13.3. The van der Waals surface area contributed by atoms with Crippen molar-refractivity contribution in [2.24, 2.45) is 11.8 Å². The van der Waals surface area contributed by atoms with Gasteiger partial charge < -0.3 is 0 Å². The van der Waals surface area contributed by atoms with Crippen LogP contribution in [0.15, 0.2) is 48.6 Å². The van der Waals surface area contributed by atoms with Crippen LogP contribution in [-0.2, 0) is 18.6 Å². The van der Waals surface area contributed by atoms with Crippen molar-refractivity contribution in [2.45, 2.75) is 98.7 Å². The van der Waals surface area contributed by atoms with Crippen molar-refractivity contribution < 1.29 is 0 Å². The van der Waals surface area contributed by atoms with Gasteiger partial charge in [0.15, 0.2) is 0 Å². The molecule has 0 fully saturated rings. The van der Waals surface area contributed by atoms with Crippen LogP contribution in [0.2, 0.25) is 0 Å². The molecule has 0 aliphatic carbocycles. The van der Waals surface area contributed by atoms with Gasteiger partial charge in [0.1, 0.15) is 0 Å². The highest BCUT2D eigenvalue weighted by Crippen LogP contribution is 2.31. The zero-order chi connectivity index (χ0) is 24.4. The van der Waals surface area contributed by atoms with E-state index in [4.69, 9.17) is 0 Å². The fourth-order valence-corrected chi connectivity index (χ4v) is 6.01. The van der Waals surface area contributed by atoms with E-state index in [9.17, 15) is 0 Å². The Kier molecular flexibility index (Phi) is 11.8. The lowest BCUT2D eigenvalue weighted by atomic mass is 9.81. The molecule has 0 spiro atoms. The van der Waals surface area contributed by atoms with Crippen LogP contribution < -0.4 is 0 Å². The first-order valence-electron chi connectivity index (χ1n) is 13.1. The van der Waals surface area contributed by atoms with Crippen molar-refractivity contribution in [2.75, 3.05) is 5.75 Å². The summed E-state index contributed by atoms with van der Waals surface area (Å²) in [4.78, 5) is 0. The Balaban J connectivity index is 2.06. The van der Waals surface area contributed by atoms with E-state index in [1.54, 1.807) is 11.1 Å². The monoisotopic (exact) mass is 464 g/mol. The third-order valence-corrected chi connectivity index (χ3v) is 8.47. The standard InChI is InChI=1S/C32H48S/c1-9-26(7)28(12-10-13-29-17-16-25(6)20-27(29)8)18-19-30-14-11-15-31(24(4)5)32(30)22-33-21-23(2)3/h11,14-17,20,24,26,28H,2,9-10,12-13,18-19,21-22H2,1,3-8H3. The van der Waals surface area contributed by atoms with Crippen LogP contribution in [0.25, 0.3) is 0 Å². The summed E-state index contributed by atoms with van der Waals surface area (Å²) in [6, 6.07) is 14.0. The number of hydrogen-bond acceptors (Lipinski definition) is 1.